The first kappa shape index (κ1) is 11.5. The van der Waals surface area contributed by atoms with E-state index >= 15 is 0 Å². The van der Waals surface area contributed by atoms with Gasteiger partial charge >= 0.3 is 5.97 Å². The average molecular weight is 201 g/mol. The van der Waals surface area contributed by atoms with Gasteiger partial charge in [-0.2, -0.15) is 0 Å². The minimum Gasteiger partial charge on any atom is -0.480 e. The third kappa shape index (κ3) is 3.64. The first-order chi connectivity index (χ1) is 6.59. The minimum atomic E-state index is -0.992. The second-order valence-electron chi connectivity index (χ2n) is 4.16. The van der Waals surface area contributed by atoms with Crippen molar-refractivity contribution in [2.24, 2.45) is 11.7 Å². The molecule has 1 fully saturated rings. The Morgan fingerprint density at radius 2 is 2.07 bits per heavy atom. The second kappa shape index (κ2) is 5.32. The van der Waals surface area contributed by atoms with Gasteiger partial charge in [-0.3, -0.25) is 4.79 Å². The Morgan fingerprint density at radius 1 is 1.50 bits per heavy atom. The summed E-state index contributed by atoms with van der Waals surface area (Å²) >= 11 is 0. The molecule has 1 unspecified atom stereocenters. The topological polar surface area (TPSA) is 72.5 Å². The molecule has 0 aliphatic heterocycles. The Balaban J connectivity index is 2.16. The number of nitrogens with two attached hydrogens (primary N) is 1. The number of hydrogen-bond donors (Lipinski definition) is 2. The molecule has 0 saturated heterocycles. The van der Waals surface area contributed by atoms with Crippen LogP contribution in [0.25, 0.3) is 0 Å². The highest BCUT2D eigenvalue weighted by molar-refractivity contribution is 5.73. The van der Waals surface area contributed by atoms with Crippen LogP contribution in [0.15, 0.2) is 0 Å². The van der Waals surface area contributed by atoms with Crippen molar-refractivity contribution >= 4 is 5.97 Å². The van der Waals surface area contributed by atoms with E-state index in [1.165, 1.54) is 12.8 Å². The van der Waals surface area contributed by atoms with Crippen molar-refractivity contribution in [2.75, 3.05) is 6.61 Å². The zero-order chi connectivity index (χ0) is 10.6. The fourth-order valence-electron chi connectivity index (χ4n) is 1.71. The summed E-state index contributed by atoms with van der Waals surface area (Å²) in [5.74, 6) is -0.211. The molecule has 0 bridgehead atoms. The second-order valence-corrected chi connectivity index (χ2v) is 4.16. The van der Waals surface area contributed by atoms with E-state index in [0.29, 0.717) is 0 Å². The third-order valence-electron chi connectivity index (χ3n) is 2.79. The van der Waals surface area contributed by atoms with Gasteiger partial charge in [-0.05, 0) is 31.6 Å². The summed E-state index contributed by atoms with van der Waals surface area (Å²) in [4.78, 5) is 10.4. The van der Waals surface area contributed by atoms with Crippen LogP contribution in [0.2, 0.25) is 0 Å². The summed E-state index contributed by atoms with van der Waals surface area (Å²) in [7, 11) is 0. The largest absolute Gasteiger partial charge is 0.480 e. The predicted octanol–water partition coefficient (Wildman–Crippen LogP) is 0.994. The van der Waals surface area contributed by atoms with Crippen LogP contribution >= 0.6 is 0 Å². The predicted molar refractivity (Wildman–Crippen MR) is 53.0 cm³/mol. The molecular weight excluding hydrogens is 182 g/mol. The fraction of sp³-hybridized carbons (Fsp3) is 0.900. The standard InChI is InChI=1S/C10H19NO3/c1-7-2-4-8(5-3-7)14-6-9(11)10(12)13/h7-9H,2-6,11H2,1H3,(H,12,13). The number of carboxylic acid groups (broad SMARTS) is 1. The first-order valence-corrected chi connectivity index (χ1v) is 5.19. The van der Waals surface area contributed by atoms with Gasteiger partial charge in [-0.15, -0.1) is 0 Å². The summed E-state index contributed by atoms with van der Waals surface area (Å²) in [6.45, 7) is 2.37. The molecule has 1 rings (SSSR count). The zero-order valence-corrected chi connectivity index (χ0v) is 8.61. The lowest BCUT2D eigenvalue weighted by Gasteiger charge is -2.26. The lowest BCUT2D eigenvalue weighted by molar-refractivity contribution is -0.140. The molecule has 1 atom stereocenters. The summed E-state index contributed by atoms with van der Waals surface area (Å²) < 4.78 is 5.45. The van der Waals surface area contributed by atoms with Gasteiger partial charge in [-0.25, -0.2) is 0 Å². The van der Waals surface area contributed by atoms with Gasteiger partial charge in [0.25, 0.3) is 0 Å². The minimum absolute atomic E-state index is 0.133. The van der Waals surface area contributed by atoms with Crippen LogP contribution in [0.1, 0.15) is 32.6 Å². The van der Waals surface area contributed by atoms with Crippen molar-refractivity contribution in [1.29, 1.82) is 0 Å². The molecule has 0 aromatic heterocycles. The summed E-state index contributed by atoms with van der Waals surface area (Å²) in [6.07, 6.45) is 4.64. The quantitative estimate of drug-likeness (QED) is 0.711. The van der Waals surface area contributed by atoms with Crippen molar-refractivity contribution in [3.8, 4) is 0 Å². The number of ether oxygens (including phenoxy) is 1. The molecule has 1 saturated carbocycles. The highest BCUT2D eigenvalue weighted by Gasteiger charge is 2.20. The summed E-state index contributed by atoms with van der Waals surface area (Å²) in [6, 6.07) is -0.880. The first-order valence-electron chi connectivity index (χ1n) is 5.19. The molecule has 0 heterocycles. The Morgan fingerprint density at radius 3 is 2.57 bits per heavy atom. The molecule has 82 valence electrons. The number of hydrogen-bond acceptors (Lipinski definition) is 3. The molecule has 0 amide bonds. The van der Waals surface area contributed by atoms with Crippen LogP contribution in [-0.4, -0.2) is 29.8 Å². The van der Waals surface area contributed by atoms with Gasteiger partial charge in [0.2, 0.25) is 0 Å². The molecule has 4 heteroatoms. The molecule has 14 heavy (non-hydrogen) atoms. The number of carbonyl (C=O) groups is 1. The van der Waals surface area contributed by atoms with Crippen LogP contribution in [0.4, 0.5) is 0 Å². The smallest absolute Gasteiger partial charge is 0.322 e. The number of aliphatic carboxylic acids is 1. The normalized spacial score (nSPS) is 29.9. The zero-order valence-electron chi connectivity index (χ0n) is 8.61. The van der Waals surface area contributed by atoms with Crippen molar-refractivity contribution in [3.05, 3.63) is 0 Å². The van der Waals surface area contributed by atoms with Gasteiger partial charge in [0.1, 0.15) is 6.04 Å². The monoisotopic (exact) mass is 201 g/mol. The van der Waals surface area contributed by atoms with Crippen LogP contribution in [0.5, 0.6) is 0 Å². The maximum Gasteiger partial charge on any atom is 0.322 e. The molecule has 0 spiro atoms. The van der Waals surface area contributed by atoms with E-state index in [1.807, 2.05) is 0 Å². The molecule has 1 aliphatic carbocycles. The summed E-state index contributed by atoms with van der Waals surface area (Å²) in [5, 5.41) is 8.55. The van der Waals surface area contributed by atoms with E-state index in [2.05, 4.69) is 6.92 Å². The molecular formula is C10H19NO3. The van der Waals surface area contributed by atoms with Gasteiger partial charge in [0, 0.05) is 0 Å². The lowest BCUT2D eigenvalue weighted by atomic mass is 9.89. The van der Waals surface area contributed by atoms with E-state index in [9.17, 15) is 4.79 Å². The third-order valence-corrected chi connectivity index (χ3v) is 2.79. The lowest BCUT2D eigenvalue weighted by Crippen LogP contribution is -2.37. The molecule has 3 N–H and O–H groups in total. The van der Waals surface area contributed by atoms with Crippen molar-refractivity contribution in [3.63, 3.8) is 0 Å². The van der Waals surface area contributed by atoms with Crippen molar-refractivity contribution in [2.45, 2.75) is 44.8 Å². The molecule has 0 radical (unpaired) electrons. The molecule has 0 aromatic rings. The Labute approximate surface area is 84.4 Å². The number of carboxylic acids is 1. The van der Waals surface area contributed by atoms with E-state index in [0.717, 1.165) is 18.8 Å². The molecule has 1 aliphatic rings. The SMILES string of the molecule is CC1CCC(OCC(N)C(=O)O)CC1. The average Bonchev–Trinajstić information content (AvgIpc) is 2.16. The van der Waals surface area contributed by atoms with Crippen molar-refractivity contribution < 1.29 is 14.6 Å². The van der Waals surface area contributed by atoms with Crippen LogP contribution in [0, 0.1) is 5.92 Å². The van der Waals surface area contributed by atoms with E-state index in [1.54, 1.807) is 0 Å². The van der Waals surface area contributed by atoms with Gasteiger partial charge in [0.15, 0.2) is 0 Å². The molecule has 4 nitrogen and oxygen atoms in total. The Hall–Kier alpha value is -0.610. The maximum atomic E-state index is 10.4. The van der Waals surface area contributed by atoms with Gasteiger partial charge < -0.3 is 15.6 Å². The highest BCUT2D eigenvalue weighted by Crippen LogP contribution is 2.25. The highest BCUT2D eigenvalue weighted by atomic mass is 16.5. The van der Waals surface area contributed by atoms with Gasteiger partial charge in [0.05, 0.1) is 12.7 Å². The van der Waals surface area contributed by atoms with Crippen LogP contribution in [0.3, 0.4) is 0 Å². The van der Waals surface area contributed by atoms with E-state index in [4.69, 9.17) is 15.6 Å². The summed E-state index contributed by atoms with van der Waals surface area (Å²) in [5.41, 5.74) is 5.34. The molecule has 0 aromatic carbocycles. The van der Waals surface area contributed by atoms with Crippen LogP contribution < -0.4 is 5.73 Å². The van der Waals surface area contributed by atoms with E-state index < -0.39 is 12.0 Å². The Bertz CT molecular complexity index is 188. The maximum absolute atomic E-state index is 10.4. The van der Waals surface area contributed by atoms with Gasteiger partial charge in [-0.1, -0.05) is 6.92 Å². The fourth-order valence-corrected chi connectivity index (χ4v) is 1.71. The number of rotatable bonds is 4. The Kier molecular flexibility index (Phi) is 4.35. The van der Waals surface area contributed by atoms with Crippen LogP contribution in [-0.2, 0) is 9.53 Å². The van der Waals surface area contributed by atoms with Crippen molar-refractivity contribution in [1.82, 2.24) is 0 Å². The van der Waals surface area contributed by atoms with E-state index in [-0.39, 0.29) is 12.7 Å².